The van der Waals surface area contributed by atoms with E-state index in [1.807, 2.05) is 12.1 Å². The fourth-order valence-electron chi connectivity index (χ4n) is 3.16. The van der Waals surface area contributed by atoms with Gasteiger partial charge >= 0.3 is 6.36 Å². The maximum atomic E-state index is 12.3. The molecule has 1 aromatic carbocycles. The minimum atomic E-state index is -4.74. The quantitative estimate of drug-likeness (QED) is 0.524. The maximum absolute atomic E-state index is 12.3. The monoisotopic (exact) mass is 461 g/mol. The van der Waals surface area contributed by atoms with Crippen LogP contribution in [0.4, 0.5) is 30.6 Å². The van der Waals surface area contributed by atoms with E-state index in [2.05, 4.69) is 40.2 Å². The van der Waals surface area contributed by atoms with E-state index in [1.165, 1.54) is 30.6 Å². The van der Waals surface area contributed by atoms with Crippen LogP contribution in [0.5, 0.6) is 5.75 Å². The predicted molar refractivity (Wildman–Crippen MR) is 115 cm³/mol. The molecule has 0 bridgehead atoms. The van der Waals surface area contributed by atoms with Gasteiger partial charge in [-0.05, 0) is 36.4 Å². The van der Waals surface area contributed by atoms with Crippen molar-refractivity contribution in [1.29, 1.82) is 0 Å². The molecule has 174 valence electrons. The number of aromatic nitrogens is 4. The van der Waals surface area contributed by atoms with Crippen molar-refractivity contribution >= 4 is 17.5 Å². The Balaban J connectivity index is 1.33. The largest absolute Gasteiger partial charge is 0.573 e. The molecule has 0 aliphatic carbocycles. The van der Waals surface area contributed by atoms with Crippen LogP contribution in [-0.4, -0.2) is 70.6 Å². The molecular weight excluding hydrogens is 439 g/mol. The van der Waals surface area contributed by atoms with Crippen LogP contribution in [0.3, 0.4) is 0 Å². The lowest BCUT2D eigenvalue weighted by molar-refractivity contribution is -0.274. The zero-order chi connectivity index (χ0) is 23.1. The predicted octanol–water partition coefficient (Wildman–Crippen LogP) is 3.32. The highest BCUT2D eigenvalue weighted by atomic mass is 19.4. The average molecular weight is 461 g/mol. The molecule has 0 radical (unpaired) electrons. The number of ether oxygens (including phenoxy) is 2. The summed E-state index contributed by atoms with van der Waals surface area (Å²) in [6.45, 7) is 5.11. The first-order valence-electron chi connectivity index (χ1n) is 10.3. The number of nitrogens with one attached hydrogen (secondary N) is 2. The Hall–Kier alpha value is -3.51. The van der Waals surface area contributed by atoms with Crippen molar-refractivity contribution in [2.75, 3.05) is 50.0 Å². The lowest BCUT2D eigenvalue weighted by Gasteiger charge is -2.26. The van der Waals surface area contributed by atoms with Crippen LogP contribution in [0, 0.1) is 0 Å². The van der Waals surface area contributed by atoms with Gasteiger partial charge in [0, 0.05) is 43.6 Å². The van der Waals surface area contributed by atoms with E-state index in [-0.39, 0.29) is 11.7 Å². The second kappa shape index (κ2) is 10.4. The van der Waals surface area contributed by atoms with Gasteiger partial charge in [-0.2, -0.15) is 4.98 Å². The number of benzene rings is 1. The minimum absolute atomic E-state index is 0.247. The molecule has 0 atom stereocenters. The van der Waals surface area contributed by atoms with Crippen molar-refractivity contribution in [3.63, 3.8) is 0 Å². The summed E-state index contributed by atoms with van der Waals surface area (Å²) in [6, 6.07) is 8.98. The van der Waals surface area contributed by atoms with Crippen molar-refractivity contribution in [2.24, 2.45) is 0 Å². The van der Waals surface area contributed by atoms with Gasteiger partial charge in [0.25, 0.3) is 0 Å². The summed E-state index contributed by atoms with van der Waals surface area (Å²) in [6.07, 6.45) is -1.72. The summed E-state index contributed by atoms with van der Waals surface area (Å²) in [7, 11) is 0. The van der Waals surface area contributed by atoms with Gasteiger partial charge in [-0.15, -0.1) is 13.2 Å². The number of hydrogen-bond acceptors (Lipinski definition) is 9. The summed E-state index contributed by atoms with van der Waals surface area (Å²) in [5.41, 5.74) is 1.20. The number of hydrogen-bond donors (Lipinski definition) is 2. The lowest BCUT2D eigenvalue weighted by atomic mass is 10.2. The Morgan fingerprint density at radius 3 is 2.48 bits per heavy atom. The van der Waals surface area contributed by atoms with Crippen LogP contribution in [0.1, 0.15) is 0 Å². The fourth-order valence-corrected chi connectivity index (χ4v) is 3.16. The van der Waals surface area contributed by atoms with E-state index in [4.69, 9.17) is 4.74 Å². The molecular formula is C21H22F3N7O2. The molecule has 2 N–H and O–H groups in total. The Morgan fingerprint density at radius 1 is 1.00 bits per heavy atom. The van der Waals surface area contributed by atoms with Crippen LogP contribution >= 0.6 is 0 Å². The number of morpholine rings is 1. The Morgan fingerprint density at radius 2 is 1.79 bits per heavy atom. The summed E-state index contributed by atoms with van der Waals surface area (Å²) >= 11 is 0. The van der Waals surface area contributed by atoms with Gasteiger partial charge in [0.15, 0.2) is 5.82 Å². The first kappa shape index (κ1) is 22.7. The van der Waals surface area contributed by atoms with Crippen molar-refractivity contribution < 1.29 is 22.6 Å². The van der Waals surface area contributed by atoms with Gasteiger partial charge in [-0.1, -0.05) is 0 Å². The topological polar surface area (TPSA) is 97.3 Å². The van der Waals surface area contributed by atoms with Gasteiger partial charge in [0.1, 0.15) is 17.9 Å². The molecule has 2 aromatic heterocycles. The van der Waals surface area contributed by atoms with E-state index >= 15 is 0 Å². The van der Waals surface area contributed by atoms with Crippen molar-refractivity contribution in [2.45, 2.75) is 6.36 Å². The molecule has 3 heterocycles. The maximum Gasteiger partial charge on any atom is 0.573 e. The molecule has 12 heteroatoms. The van der Waals surface area contributed by atoms with Crippen LogP contribution in [0.25, 0.3) is 11.4 Å². The van der Waals surface area contributed by atoms with Crippen molar-refractivity contribution in [3.05, 3.63) is 48.9 Å². The van der Waals surface area contributed by atoms with E-state index in [9.17, 15) is 13.2 Å². The lowest BCUT2D eigenvalue weighted by Crippen LogP contribution is -2.39. The summed E-state index contributed by atoms with van der Waals surface area (Å²) in [5, 5.41) is 6.22. The normalized spacial score (nSPS) is 14.6. The summed E-state index contributed by atoms with van der Waals surface area (Å²) < 4.78 is 46.0. The zero-order valence-electron chi connectivity index (χ0n) is 17.5. The molecule has 0 unspecified atom stereocenters. The van der Waals surface area contributed by atoms with Crippen LogP contribution in [0.15, 0.2) is 48.9 Å². The third kappa shape index (κ3) is 6.99. The number of nitrogens with zero attached hydrogens (tertiary/aromatic N) is 5. The van der Waals surface area contributed by atoms with Crippen molar-refractivity contribution in [3.8, 4) is 17.1 Å². The molecule has 3 aromatic rings. The molecule has 33 heavy (non-hydrogen) atoms. The van der Waals surface area contributed by atoms with Crippen LogP contribution in [-0.2, 0) is 4.74 Å². The zero-order valence-corrected chi connectivity index (χ0v) is 17.5. The Kier molecular flexibility index (Phi) is 7.15. The summed E-state index contributed by atoms with van der Waals surface area (Å²) in [4.78, 5) is 19.3. The number of anilines is 3. The molecule has 0 spiro atoms. The van der Waals surface area contributed by atoms with E-state index < -0.39 is 6.36 Å². The van der Waals surface area contributed by atoms with Gasteiger partial charge in [0.2, 0.25) is 5.95 Å². The number of pyridine rings is 1. The third-order valence-electron chi connectivity index (χ3n) is 4.78. The van der Waals surface area contributed by atoms with Gasteiger partial charge in [0.05, 0.1) is 13.2 Å². The highest BCUT2D eigenvalue weighted by molar-refractivity contribution is 5.59. The van der Waals surface area contributed by atoms with Gasteiger partial charge in [-0.3, -0.25) is 4.90 Å². The third-order valence-corrected chi connectivity index (χ3v) is 4.78. The number of alkyl halides is 3. The molecule has 1 saturated heterocycles. The van der Waals surface area contributed by atoms with Gasteiger partial charge in [-0.25, -0.2) is 15.0 Å². The standard InChI is InChI=1S/C21H22F3N7O2/c22-21(23,24)33-17-4-2-16(3-5-17)29-20-28-14-27-19(30-20)15-1-6-18(26-13-15)25-7-8-31-9-11-32-12-10-31/h1-6,13-14H,7-12H2,(H,25,26)(H,27,28,29,30). The molecule has 0 amide bonds. The molecule has 1 aliphatic heterocycles. The first-order chi connectivity index (χ1) is 15.9. The Labute approximate surface area is 188 Å². The average Bonchev–Trinajstić information content (AvgIpc) is 2.81. The molecule has 1 fully saturated rings. The van der Waals surface area contributed by atoms with E-state index in [0.717, 1.165) is 45.2 Å². The minimum Gasteiger partial charge on any atom is -0.406 e. The smallest absolute Gasteiger partial charge is 0.406 e. The second-order valence-electron chi connectivity index (χ2n) is 7.14. The van der Waals surface area contributed by atoms with E-state index in [1.54, 1.807) is 6.20 Å². The van der Waals surface area contributed by atoms with Crippen molar-refractivity contribution in [1.82, 2.24) is 24.8 Å². The molecule has 4 rings (SSSR count). The van der Waals surface area contributed by atoms with Crippen LogP contribution < -0.4 is 15.4 Å². The molecule has 0 saturated carbocycles. The van der Waals surface area contributed by atoms with E-state index in [0.29, 0.717) is 17.1 Å². The number of halogens is 3. The SMILES string of the molecule is FC(F)(F)Oc1ccc(Nc2ncnc(-c3ccc(NCCN4CCOCC4)nc3)n2)cc1. The summed E-state index contributed by atoms with van der Waals surface area (Å²) in [5.74, 6) is 1.10. The molecule has 1 aliphatic rings. The Bertz CT molecular complexity index is 1030. The fraction of sp³-hybridized carbons (Fsp3) is 0.333. The first-order valence-corrected chi connectivity index (χ1v) is 10.3. The second-order valence-corrected chi connectivity index (χ2v) is 7.14. The molecule has 9 nitrogen and oxygen atoms in total. The van der Waals surface area contributed by atoms with Crippen LogP contribution in [0.2, 0.25) is 0 Å². The van der Waals surface area contributed by atoms with Gasteiger partial charge < -0.3 is 20.1 Å². The highest BCUT2D eigenvalue weighted by Crippen LogP contribution is 2.25. The highest BCUT2D eigenvalue weighted by Gasteiger charge is 2.30. The number of rotatable bonds is 8.